The lowest BCUT2D eigenvalue weighted by atomic mass is 9.93. The third-order valence-electron chi connectivity index (χ3n) is 6.64. The van der Waals surface area contributed by atoms with Crippen LogP contribution in [0.4, 0.5) is 0 Å². The first kappa shape index (κ1) is 20.3. The summed E-state index contributed by atoms with van der Waals surface area (Å²) in [7, 11) is 0. The SMILES string of the molecule is CC(=O)N1C=Cc2ccccc2C1CC(=O)N1CCC(n2c(=O)[nH]c3ccccc32)CC1. The van der Waals surface area contributed by atoms with E-state index in [9.17, 15) is 14.4 Å². The molecule has 0 radical (unpaired) electrons. The zero-order chi connectivity index (χ0) is 22.2. The van der Waals surface area contributed by atoms with Gasteiger partial charge in [-0.3, -0.25) is 14.2 Å². The number of H-pyrrole nitrogens is 1. The summed E-state index contributed by atoms with van der Waals surface area (Å²) in [6, 6.07) is 15.4. The summed E-state index contributed by atoms with van der Waals surface area (Å²) >= 11 is 0. The van der Waals surface area contributed by atoms with E-state index in [0.29, 0.717) is 13.1 Å². The van der Waals surface area contributed by atoms with Crippen LogP contribution in [0.5, 0.6) is 0 Å². The number of hydrogen-bond donors (Lipinski definition) is 1. The molecule has 1 saturated heterocycles. The molecule has 0 bridgehead atoms. The van der Waals surface area contributed by atoms with Crippen LogP contribution >= 0.6 is 0 Å². The van der Waals surface area contributed by atoms with Crippen molar-refractivity contribution in [3.8, 4) is 0 Å². The third kappa shape index (κ3) is 3.53. The minimum absolute atomic E-state index is 0.0380. The van der Waals surface area contributed by atoms with Gasteiger partial charge in [0.15, 0.2) is 0 Å². The zero-order valence-corrected chi connectivity index (χ0v) is 18.0. The number of rotatable bonds is 3. The first-order valence-electron chi connectivity index (χ1n) is 11.1. The maximum atomic E-state index is 13.2. The molecule has 3 aromatic rings. The van der Waals surface area contributed by atoms with Crippen molar-refractivity contribution in [3.05, 3.63) is 76.3 Å². The molecule has 0 spiro atoms. The number of aromatic amines is 1. The van der Waals surface area contributed by atoms with Crippen molar-refractivity contribution in [2.45, 2.75) is 38.3 Å². The quantitative estimate of drug-likeness (QED) is 0.691. The predicted octanol–water partition coefficient (Wildman–Crippen LogP) is 3.46. The number of likely N-dealkylation sites (tertiary alicyclic amines) is 1. The molecule has 2 aliphatic rings. The Morgan fingerprint density at radius 3 is 2.53 bits per heavy atom. The highest BCUT2D eigenvalue weighted by atomic mass is 16.2. The van der Waals surface area contributed by atoms with E-state index in [0.717, 1.165) is 35.0 Å². The fraction of sp³-hybridized carbons (Fsp3) is 0.320. The summed E-state index contributed by atoms with van der Waals surface area (Å²) in [6.07, 6.45) is 5.40. The molecule has 1 unspecified atom stereocenters. The largest absolute Gasteiger partial charge is 0.342 e. The summed E-state index contributed by atoms with van der Waals surface area (Å²) in [4.78, 5) is 44.4. The molecule has 1 atom stereocenters. The number of para-hydroxylation sites is 2. The van der Waals surface area contributed by atoms with Crippen molar-refractivity contribution in [3.63, 3.8) is 0 Å². The molecule has 2 amide bonds. The van der Waals surface area contributed by atoms with Crippen LogP contribution in [0.1, 0.15) is 49.4 Å². The molecule has 1 fully saturated rings. The Labute approximate surface area is 185 Å². The van der Waals surface area contributed by atoms with E-state index in [4.69, 9.17) is 0 Å². The molecule has 2 aliphatic heterocycles. The van der Waals surface area contributed by atoms with Crippen LogP contribution in [0.2, 0.25) is 0 Å². The van der Waals surface area contributed by atoms with Gasteiger partial charge in [-0.25, -0.2) is 4.79 Å². The van der Waals surface area contributed by atoms with Gasteiger partial charge in [-0.05, 0) is 42.2 Å². The fourth-order valence-corrected chi connectivity index (χ4v) is 5.02. The highest BCUT2D eigenvalue weighted by molar-refractivity contribution is 5.82. The monoisotopic (exact) mass is 430 g/mol. The van der Waals surface area contributed by atoms with Gasteiger partial charge in [-0.2, -0.15) is 0 Å². The Bertz CT molecular complexity index is 1260. The highest BCUT2D eigenvalue weighted by Crippen LogP contribution is 2.34. The molecule has 0 saturated carbocycles. The lowest BCUT2D eigenvalue weighted by molar-refractivity contribution is -0.135. The van der Waals surface area contributed by atoms with Crippen LogP contribution in [-0.4, -0.2) is 44.3 Å². The average Bonchev–Trinajstić information content (AvgIpc) is 3.14. The van der Waals surface area contributed by atoms with Gasteiger partial charge in [-0.1, -0.05) is 36.4 Å². The molecule has 164 valence electrons. The molecule has 7 nitrogen and oxygen atoms in total. The van der Waals surface area contributed by atoms with E-state index in [-0.39, 0.29) is 36.0 Å². The Hall–Kier alpha value is -3.61. The fourth-order valence-electron chi connectivity index (χ4n) is 5.02. The summed E-state index contributed by atoms with van der Waals surface area (Å²) in [6.45, 7) is 2.72. The number of carbonyl (C=O) groups excluding carboxylic acids is 2. The Morgan fingerprint density at radius 1 is 1.03 bits per heavy atom. The molecule has 1 N–H and O–H groups in total. The van der Waals surface area contributed by atoms with Crippen molar-refractivity contribution in [1.29, 1.82) is 0 Å². The lowest BCUT2D eigenvalue weighted by Crippen LogP contribution is -2.42. The van der Waals surface area contributed by atoms with Crippen molar-refractivity contribution < 1.29 is 9.59 Å². The van der Waals surface area contributed by atoms with Gasteiger partial charge >= 0.3 is 5.69 Å². The molecule has 2 aromatic carbocycles. The van der Waals surface area contributed by atoms with Crippen molar-refractivity contribution in [2.75, 3.05) is 13.1 Å². The predicted molar refractivity (Wildman–Crippen MR) is 123 cm³/mol. The standard InChI is InChI=1S/C25H26N4O3/c1-17(30)28-15-10-18-6-2-3-7-20(18)23(28)16-24(31)27-13-11-19(12-14-27)29-22-9-5-4-8-21(22)26-25(29)32/h2-10,15,19,23H,11-14,16H2,1H3,(H,26,32). The minimum atomic E-state index is -0.296. The number of amides is 2. The molecular formula is C25H26N4O3. The van der Waals surface area contributed by atoms with Gasteiger partial charge < -0.3 is 14.8 Å². The number of nitrogens with one attached hydrogen (secondary N) is 1. The van der Waals surface area contributed by atoms with Gasteiger partial charge in [-0.15, -0.1) is 0 Å². The van der Waals surface area contributed by atoms with Gasteiger partial charge in [0, 0.05) is 32.3 Å². The van der Waals surface area contributed by atoms with Gasteiger partial charge in [0.05, 0.1) is 23.5 Å². The number of carbonyl (C=O) groups is 2. The van der Waals surface area contributed by atoms with Crippen molar-refractivity contribution in [2.24, 2.45) is 0 Å². The van der Waals surface area contributed by atoms with E-state index >= 15 is 0 Å². The Balaban J connectivity index is 1.30. The number of hydrogen-bond acceptors (Lipinski definition) is 3. The zero-order valence-electron chi connectivity index (χ0n) is 18.0. The Kier molecular flexibility index (Phi) is 5.17. The smallest absolute Gasteiger partial charge is 0.326 e. The molecule has 1 aromatic heterocycles. The second kappa shape index (κ2) is 8.15. The van der Waals surface area contributed by atoms with E-state index in [2.05, 4.69) is 4.98 Å². The maximum absolute atomic E-state index is 13.2. The van der Waals surface area contributed by atoms with Crippen LogP contribution in [0.15, 0.2) is 59.5 Å². The summed E-state index contributed by atoms with van der Waals surface area (Å²) < 4.78 is 1.83. The highest BCUT2D eigenvalue weighted by Gasteiger charge is 2.32. The molecule has 7 heteroatoms. The molecule has 5 rings (SSSR count). The second-order valence-electron chi connectivity index (χ2n) is 8.52. The van der Waals surface area contributed by atoms with E-state index in [1.165, 1.54) is 6.92 Å². The third-order valence-corrected chi connectivity index (χ3v) is 6.64. The molecule has 3 heterocycles. The van der Waals surface area contributed by atoms with E-state index < -0.39 is 0 Å². The molecule has 32 heavy (non-hydrogen) atoms. The van der Waals surface area contributed by atoms with Crippen LogP contribution in [-0.2, 0) is 9.59 Å². The van der Waals surface area contributed by atoms with Gasteiger partial charge in [0.1, 0.15) is 0 Å². The van der Waals surface area contributed by atoms with Gasteiger partial charge in [0.25, 0.3) is 0 Å². The van der Waals surface area contributed by atoms with E-state index in [1.54, 1.807) is 11.1 Å². The first-order chi connectivity index (χ1) is 15.5. The summed E-state index contributed by atoms with van der Waals surface area (Å²) in [5, 5.41) is 0. The van der Waals surface area contributed by atoms with Crippen molar-refractivity contribution in [1.82, 2.24) is 19.4 Å². The van der Waals surface area contributed by atoms with E-state index in [1.807, 2.05) is 64.1 Å². The normalized spacial score (nSPS) is 18.7. The average molecular weight is 431 g/mol. The minimum Gasteiger partial charge on any atom is -0.342 e. The van der Waals surface area contributed by atoms with Crippen molar-refractivity contribution >= 4 is 28.9 Å². The number of fused-ring (bicyclic) bond motifs is 2. The lowest BCUT2D eigenvalue weighted by Gasteiger charge is -2.36. The summed E-state index contributed by atoms with van der Waals surface area (Å²) in [5.74, 6) is -0.0398. The van der Waals surface area contributed by atoms with Gasteiger partial charge in [0.2, 0.25) is 11.8 Å². The van der Waals surface area contributed by atoms with Crippen LogP contribution in [0.25, 0.3) is 17.1 Å². The Morgan fingerprint density at radius 2 is 1.75 bits per heavy atom. The topological polar surface area (TPSA) is 78.4 Å². The van der Waals surface area contributed by atoms with Crippen LogP contribution in [0.3, 0.4) is 0 Å². The number of imidazole rings is 1. The van der Waals surface area contributed by atoms with Crippen LogP contribution in [0, 0.1) is 0 Å². The maximum Gasteiger partial charge on any atom is 0.326 e. The first-order valence-corrected chi connectivity index (χ1v) is 11.1. The number of nitrogens with zero attached hydrogens (tertiary/aromatic N) is 3. The second-order valence-corrected chi connectivity index (χ2v) is 8.52. The number of aromatic nitrogens is 2. The number of piperidine rings is 1. The number of benzene rings is 2. The molecule has 0 aliphatic carbocycles. The molecular weight excluding hydrogens is 404 g/mol. The summed E-state index contributed by atoms with van der Waals surface area (Å²) in [5.41, 5.74) is 3.69. The van der Waals surface area contributed by atoms with Crippen LogP contribution < -0.4 is 5.69 Å².